The monoisotopic (exact) mass is 260 g/mol. The molecule has 0 spiro atoms. The van der Waals surface area contributed by atoms with E-state index in [-0.39, 0.29) is 11.9 Å². The van der Waals surface area contributed by atoms with Crippen LogP contribution in [0.15, 0.2) is 18.2 Å². The number of amides is 1. The average molecular weight is 260 g/mol. The van der Waals surface area contributed by atoms with Gasteiger partial charge in [0.05, 0.1) is 6.61 Å². The number of fused-ring (bicyclic) bond motifs is 1. The summed E-state index contributed by atoms with van der Waals surface area (Å²) in [6.07, 6.45) is 4.73. The summed E-state index contributed by atoms with van der Waals surface area (Å²) < 4.78 is 5.45. The normalized spacial score (nSPS) is 24.9. The minimum absolute atomic E-state index is 0.0706. The first kappa shape index (κ1) is 12.5. The summed E-state index contributed by atoms with van der Waals surface area (Å²) in [7, 11) is 0. The Morgan fingerprint density at radius 2 is 2.32 bits per heavy atom. The van der Waals surface area contributed by atoms with Gasteiger partial charge in [-0.25, -0.2) is 0 Å². The van der Waals surface area contributed by atoms with Gasteiger partial charge in [0.25, 0.3) is 0 Å². The Morgan fingerprint density at radius 1 is 1.42 bits per heavy atom. The molecule has 0 bridgehead atoms. The third kappa shape index (κ3) is 2.73. The lowest BCUT2D eigenvalue weighted by molar-refractivity contribution is -0.117. The Balaban J connectivity index is 1.60. The molecule has 4 nitrogen and oxygen atoms in total. The van der Waals surface area contributed by atoms with Crippen LogP contribution in [0.3, 0.4) is 0 Å². The van der Waals surface area contributed by atoms with Crippen molar-refractivity contribution in [2.24, 2.45) is 11.7 Å². The first-order valence-corrected chi connectivity index (χ1v) is 7.03. The largest absolute Gasteiger partial charge is 0.493 e. The molecule has 19 heavy (non-hydrogen) atoms. The molecule has 2 atom stereocenters. The molecule has 1 amide bonds. The number of ether oxygens (including phenoxy) is 1. The van der Waals surface area contributed by atoms with Crippen LogP contribution in [0.5, 0.6) is 5.75 Å². The Kier molecular flexibility index (Phi) is 3.42. The van der Waals surface area contributed by atoms with E-state index in [2.05, 4.69) is 5.32 Å². The van der Waals surface area contributed by atoms with Crippen LogP contribution < -0.4 is 15.8 Å². The number of nitrogens with one attached hydrogen (secondary N) is 1. The molecular formula is C15H20N2O2. The van der Waals surface area contributed by atoms with Crippen molar-refractivity contribution in [1.29, 1.82) is 0 Å². The Labute approximate surface area is 113 Å². The fourth-order valence-electron chi connectivity index (χ4n) is 3.03. The number of rotatable bonds is 3. The minimum atomic E-state index is 0.0706. The highest BCUT2D eigenvalue weighted by Gasteiger charge is 2.26. The molecule has 0 unspecified atom stereocenters. The van der Waals surface area contributed by atoms with E-state index in [1.165, 1.54) is 5.56 Å². The fourth-order valence-corrected chi connectivity index (χ4v) is 3.03. The standard InChI is InChI=1S/C15H20N2O2/c16-13-3-1-2-10(13)9-15(18)17-12-4-5-14-11(8-12)6-7-19-14/h4-5,8,10,13H,1-3,6-7,9,16H2,(H,17,18)/t10-,13+/m0/s1. The smallest absolute Gasteiger partial charge is 0.224 e. The summed E-state index contributed by atoms with van der Waals surface area (Å²) >= 11 is 0. The lowest BCUT2D eigenvalue weighted by atomic mass is 10.00. The third-order valence-electron chi connectivity index (χ3n) is 4.14. The van der Waals surface area contributed by atoms with Gasteiger partial charge in [-0.1, -0.05) is 6.42 Å². The molecule has 1 saturated carbocycles. The maximum absolute atomic E-state index is 12.0. The van der Waals surface area contributed by atoms with Crippen molar-refractivity contribution in [3.05, 3.63) is 23.8 Å². The van der Waals surface area contributed by atoms with Gasteiger partial charge in [-0.3, -0.25) is 4.79 Å². The van der Waals surface area contributed by atoms with Gasteiger partial charge in [0.1, 0.15) is 5.75 Å². The van der Waals surface area contributed by atoms with E-state index >= 15 is 0 Å². The van der Waals surface area contributed by atoms with Crippen LogP contribution in [0.4, 0.5) is 5.69 Å². The van der Waals surface area contributed by atoms with Gasteiger partial charge >= 0.3 is 0 Å². The van der Waals surface area contributed by atoms with E-state index in [0.717, 1.165) is 43.7 Å². The molecule has 2 aliphatic rings. The molecule has 1 heterocycles. The number of anilines is 1. The van der Waals surface area contributed by atoms with Crippen LogP contribution in [0.1, 0.15) is 31.2 Å². The van der Waals surface area contributed by atoms with Gasteiger partial charge in [0.2, 0.25) is 5.91 Å². The van der Waals surface area contributed by atoms with Crippen molar-refractivity contribution in [3.8, 4) is 5.75 Å². The summed E-state index contributed by atoms with van der Waals surface area (Å²) in [6.45, 7) is 0.740. The molecule has 4 heteroatoms. The SMILES string of the molecule is N[C@@H]1CCC[C@H]1CC(=O)Nc1ccc2c(c1)CCO2. The summed E-state index contributed by atoms with van der Waals surface area (Å²) in [6, 6.07) is 6.03. The Morgan fingerprint density at radius 3 is 3.11 bits per heavy atom. The highest BCUT2D eigenvalue weighted by molar-refractivity contribution is 5.91. The molecule has 1 aliphatic heterocycles. The lowest BCUT2D eigenvalue weighted by Crippen LogP contribution is -2.28. The van der Waals surface area contributed by atoms with Crippen LogP contribution >= 0.6 is 0 Å². The zero-order chi connectivity index (χ0) is 13.2. The van der Waals surface area contributed by atoms with E-state index in [1.54, 1.807) is 0 Å². The van der Waals surface area contributed by atoms with Crippen LogP contribution in [-0.4, -0.2) is 18.6 Å². The molecule has 1 aromatic carbocycles. The number of hydrogen-bond donors (Lipinski definition) is 2. The van der Waals surface area contributed by atoms with Crippen molar-refractivity contribution < 1.29 is 9.53 Å². The van der Waals surface area contributed by atoms with Crippen LogP contribution in [0, 0.1) is 5.92 Å². The first-order chi connectivity index (χ1) is 9.22. The molecule has 1 fully saturated rings. The van der Waals surface area contributed by atoms with Gasteiger partial charge in [-0.15, -0.1) is 0 Å². The summed E-state index contributed by atoms with van der Waals surface area (Å²) in [5.74, 6) is 1.36. The predicted molar refractivity (Wildman–Crippen MR) is 74.2 cm³/mol. The Bertz CT molecular complexity index is 487. The molecule has 1 aromatic rings. The molecule has 102 valence electrons. The van der Waals surface area contributed by atoms with Gasteiger partial charge < -0.3 is 15.8 Å². The zero-order valence-corrected chi connectivity index (χ0v) is 11.0. The first-order valence-electron chi connectivity index (χ1n) is 7.03. The van der Waals surface area contributed by atoms with Crippen LogP contribution in [-0.2, 0) is 11.2 Å². The molecular weight excluding hydrogens is 240 g/mol. The number of carbonyl (C=O) groups excluding carboxylic acids is 1. The van der Waals surface area contributed by atoms with E-state index < -0.39 is 0 Å². The van der Waals surface area contributed by atoms with E-state index in [4.69, 9.17) is 10.5 Å². The third-order valence-corrected chi connectivity index (χ3v) is 4.14. The zero-order valence-electron chi connectivity index (χ0n) is 11.0. The molecule has 0 saturated heterocycles. The topological polar surface area (TPSA) is 64.4 Å². The second kappa shape index (κ2) is 5.21. The number of carbonyl (C=O) groups is 1. The maximum atomic E-state index is 12.0. The highest BCUT2D eigenvalue weighted by atomic mass is 16.5. The van der Waals surface area contributed by atoms with E-state index in [9.17, 15) is 4.79 Å². The summed E-state index contributed by atoms with van der Waals surface area (Å²) in [4.78, 5) is 12.0. The quantitative estimate of drug-likeness (QED) is 0.874. The number of hydrogen-bond acceptors (Lipinski definition) is 3. The van der Waals surface area contributed by atoms with E-state index in [1.807, 2.05) is 18.2 Å². The molecule has 0 aromatic heterocycles. The molecule has 1 aliphatic carbocycles. The van der Waals surface area contributed by atoms with Crippen LogP contribution in [0.25, 0.3) is 0 Å². The average Bonchev–Trinajstić information content (AvgIpc) is 2.98. The Hall–Kier alpha value is -1.55. The molecule has 3 N–H and O–H groups in total. The highest BCUT2D eigenvalue weighted by Crippen LogP contribution is 2.29. The van der Waals surface area contributed by atoms with Gasteiger partial charge in [0, 0.05) is 24.6 Å². The number of nitrogens with two attached hydrogens (primary N) is 1. The lowest BCUT2D eigenvalue weighted by Gasteiger charge is -2.15. The fraction of sp³-hybridized carbons (Fsp3) is 0.533. The van der Waals surface area contributed by atoms with Crippen LogP contribution in [0.2, 0.25) is 0 Å². The molecule has 3 rings (SSSR count). The van der Waals surface area contributed by atoms with Gasteiger partial charge in [0.15, 0.2) is 0 Å². The maximum Gasteiger partial charge on any atom is 0.224 e. The molecule has 0 radical (unpaired) electrons. The minimum Gasteiger partial charge on any atom is -0.493 e. The summed E-state index contributed by atoms with van der Waals surface area (Å²) in [5.41, 5.74) is 8.04. The second-order valence-electron chi connectivity index (χ2n) is 5.53. The van der Waals surface area contributed by atoms with E-state index in [0.29, 0.717) is 12.3 Å². The predicted octanol–water partition coefficient (Wildman–Crippen LogP) is 2.08. The van der Waals surface area contributed by atoms with Crippen molar-refractivity contribution in [3.63, 3.8) is 0 Å². The second-order valence-corrected chi connectivity index (χ2v) is 5.53. The van der Waals surface area contributed by atoms with Gasteiger partial charge in [-0.05, 0) is 42.5 Å². The van der Waals surface area contributed by atoms with Gasteiger partial charge in [-0.2, -0.15) is 0 Å². The van der Waals surface area contributed by atoms with Crippen molar-refractivity contribution in [2.45, 2.75) is 38.1 Å². The van der Waals surface area contributed by atoms with Crippen molar-refractivity contribution >= 4 is 11.6 Å². The van der Waals surface area contributed by atoms with Crippen molar-refractivity contribution in [1.82, 2.24) is 0 Å². The van der Waals surface area contributed by atoms with Crippen molar-refractivity contribution in [2.75, 3.05) is 11.9 Å². The number of benzene rings is 1. The summed E-state index contributed by atoms with van der Waals surface area (Å²) in [5, 5.41) is 2.97.